The van der Waals surface area contributed by atoms with Crippen LogP contribution in [0, 0.1) is 11.8 Å². The molecule has 1 saturated carbocycles. The molecule has 1 N–H and O–H groups in total. The molecule has 1 aliphatic carbocycles. The van der Waals surface area contributed by atoms with E-state index in [1.165, 1.54) is 44.9 Å². The van der Waals surface area contributed by atoms with Crippen molar-refractivity contribution in [1.82, 2.24) is 5.32 Å². The monoisotopic (exact) mass is 223 g/mol. The highest BCUT2D eigenvalue weighted by Gasteiger charge is 2.46. The maximum absolute atomic E-state index is 6.03. The van der Waals surface area contributed by atoms with E-state index in [0.717, 1.165) is 24.4 Å². The molecule has 2 aliphatic heterocycles. The van der Waals surface area contributed by atoms with Gasteiger partial charge in [-0.05, 0) is 44.6 Å². The van der Waals surface area contributed by atoms with Crippen molar-refractivity contribution in [2.24, 2.45) is 11.8 Å². The third-order valence-electron chi connectivity index (χ3n) is 4.96. The van der Waals surface area contributed by atoms with Gasteiger partial charge in [0.15, 0.2) is 0 Å². The normalized spacial score (nSPS) is 40.7. The Balaban J connectivity index is 1.67. The molecule has 0 radical (unpaired) electrons. The first kappa shape index (κ1) is 11.0. The first-order valence-electron chi connectivity index (χ1n) is 7.27. The van der Waals surface area contributed by atoms with Crippen molar-refractivity contribution >= 4 is 0 Å². The molecule has 92 valence electrons. The summed E-state index contributed by atoms with van der Waals surface area (Å²) in [7, 11) is 0. The topological polar surface area (TPSA) is 21.3 Å². The van der Waals surface area contributed by atoms with Crippen molar-refractivity contribution in [2.45, 2.75) is 70.1 Å². The number of hydrogen-bond donors (Lipinski definition) is 1. The Kier molecular flexibility index (Phi) is 3.21. The predicted octanol–water partition coefficient (Wildman–Crippen LogP) is 2.72. The van der Waals surface area contributed by atoms with Gasteiger partial charge in [-0.1, -0.05) is 19.8 Å². The Morgan fingerprint density at radius 2 is 2.00 bits per heavy atom. The van der Waals surface area contributed by atoms with Crippen molar-refractivity contribution < 1.29 is 4.74 Å². The van der Waals surface area contributed by atoms with Gasteiger partial charge in [-0.2, -0.15) is 0 Å². The van der Waals surface area contributed by atoms with Crippen LogP contribution in [0.2, 0.25) is 0 Å². The number of fused-ring (bicyclic) bond motifs is 2. The third kappa shape index (κ3) is 1.91. The Bertz CT molecular complexity index is 237. The van der Waals surface area contributed by atoms with Crippen molar-refractivity contribution in [1.29, 1.82) is 0 Å². The molecule has 3 aliphatic rings. The third-order valence-corrected chi connectivity index (χ3v) is 4.96. The van der Waals surface area contributed by atoms with E-state index in [-0.39, 0.29) is 0 Å². The van der Waals surface area contributed by atoms with Gasteiger partial charge in [0, 0.05) is 12.0 Å². The fourth-order valence-electron chi connectivity index (χ4n) is 4.27. The minimum atomic E-state index is 0.592. The van der Waals surface area contributed by atoms with Gasteiger partial charge in [0.25, 0.3) is 0 Å². The smallest absolute Gasteiger partial charge is 0.0623 e. The van der Waals surface area contributed by atoms with E-state index in [4.69, 9.17) is 4.74 Å². The van der Waals surface area contributed by atoms with Crippen LogP contribution in [-0.4, -0.2) is 24.8 Å². The molecule has 2 bridgehead atoms. The summed E-state index contributed by atoms with van der Waals surface area (Å²) in [5.74, 6) is 1.76. The highest BCUT2D eigenvalue weighted by atomic mass is 16.5. The molecule has 3 fully saturated rings. The van der Waals surface area contributed by atoms with Crippen LogP contribution in [-0.2, 0) is 4.74 Å². The second-order valence-electron chi connectivity index (χ2n) is 5.90. The fraction of sp³-hybridized carbons (Fsp3) is 1.00. The van der Waals surface area contributed by atoms with Crippen LogP contribution in [0.1, 0.15) is 51.9 Å². The van der Waals surface area contributed by atoms with Crippen LogP contribution in [0.4, 0.5) is 0 Å². The van der Waals surface area contributed by atoms with Crippen molar-refractivity contribution in [3.8, 4) is 0 Å². The molecule has 2 heterocycles. The van der Waals surface area contributed by atoms with Gasteiger partial charge in [0.1, 0.15) is 0 Å². The van der Waals surface area contributed by atoms with E-state index < -0.39 is 0 Å². The Morgan fingerprint density at radius 1 is 1.19 bits per heavy atom. The lowest BCUT2D eigenvalue weighted by Crippen LogP contribution is -2.45. The molecular weight excluding hydrogens is 198 g/mol. The van der Waals surface area contributed by atoms with Gasteiger partial charge in [-0.25, -0.2) is 0 Å². The van der Waals surface area contributed by atoms with Gasteiger partial charge in [-0.15, -0.1) is 0 Å². The molecular formula is C14H25NO. The second kappa shape index (κ2) is 4.66. The summed E-state index contributed by atoms with van der Waals surface area (Å²) in [5.41, 5.74) is 0. The summed E-state index contributed by atoms with van der Waals surface area (Å²) in [6, 6.07) is 0.753. The minimum Gasteiger partial charge on any atom is -0.375 e. The Hall–Kier alpha value is -0.0800. The average Bonchev–Trinajstić information content (AvgIpc) is 3.01. The van der Waals surface area contributed by atoms with Gasteiger partial charge >= 0.3 is 0 Å². The lowest BCUT2D eigenvalue weighted by molar-refractivity contribution is 0.0797. The number of ether oxygens (including phenoxy) is 1. The van der Waals surface area contributed by atoms with Crippen LogP contribution in [0.3, 0.4) is 0 Å². The number of rotatable bonds is 4. The highest BCUT2D eigenvalue weighted by Crippen LogP contribution is 2.44. The largest absolute Gasteiger partial charge is 0.375 e. The molecule has 16 heavy (non-hydrogen) atoms. The zero-order valence-electron chi connectivity index (χ0n) is 10.5. The summed E-state index contributed by atoms with van der Waals surface area (Å²) in [5, 5.41) is 3.77. The van der Waals surface area contributed by atoms with E-state index in [9.17, 15) is 0 Å². The minimum absolute atomic E-state index is 0.592. The van der Waals surface area contributed by atoms with Crippen LogP contribution in [0.15, 0.2) is 0 Å². The van der Waals surface area contributed by atoms with E-state index >= 15 is 0 Å². The standard InChI is InChI=1S/C14H25NO/c1-2-15-14(10-5-3-4-6-10)12-9-11-7-8-13(12)16-11/h10-15H,2-9H2,1H3. The molecule has 2 heteroatoms. The molecule has 0 spiro atoms. The molecule has 0 aromatic rings. The first-order valence-corrected chi connectivity index (χ1v) is 7.27. The molecule has 2 nitrogen and oxygen atoms in total. The molecule has 2 saturated heterocycles. The molecule has 4 atom stereocenters. The maximum Gasteiger partial charge on any atom is 0.0623 e. The van der Waals surface area contributed by atoms with E-state index in [1.54, 1.807) is 0 Å². The predicted molar refractivity (Wildman–Crippen MR) is 65.4 cm³/mol. The van der Waals surface area contributed by atoms with E-state index in [2.05, 4.69) is 12.2 Å². The summed E-state index contributed by atoms with van der Waals surface area (Å²) in [6.45, 7) is 3.37. The SMILES string of the molecule is CCNC(C1CCCC1)C1CC2CCC1O2. The Morgan fingerprint density at radius 3 is 2.56 bits per heavy atom. The van der Waals surface area contributed by atoms with Crippen molar-refractivity contribution in [3.05, 3.63) is 0 Å². The van der Waals surface area contributed by atoms with Gasteiger partial charge in [0.05, 0.1) is 12.2 Å². The number of hydrogen-bond acceptors (Lipinski definition) is 2. The van der Waals surface area contributed by atoms with Crippen LogP contribution < -0.4 is 5.32 Å². The zero-order chi connectivity index (χ0) is 11.0. The van der Waals surface area contributed by atoms with Crippen LogP contribution >= 0.6 is 0 Å². The van der Waals surface area contributed by atoms with Gasteiger partial charge in [-0.3, -0.25) is 0 Å². The maximum atomic E-state index is 6.03. The summed E-state index contributed by atoms with van der Waals surface area (Å²) >= 11 is 0. The summed E-state index contributed by atoms with van der Waals surface area (Å²) < 4.78 is 6.03. The summed E-state index contributed by atoms with van der Waals surface area (Å²) in [4.78, 5) is 0. The average molecular weight is 223 g/mol. The lowest BCUT2D eigenvalue weighted by atomic mass is 9.78. The Labute approximate surface area is 99.1 Å². The molecule has 0 aromatic carbocycles. The van der Waals surface area contributed by atoms with Gasteiger partial charge in [0.2, 0.25) is 0 Å². The fourth-order valence-corrected chi connectivity index (χ4v) is 4.27. The van der Waals surface area contributed by atoms with Gasteiger partial charge < -0.3 is 10.1 Å². The lowest BCUT2D eigenvalue weighted by Gasteiger charge is -2.33. The first-order chi connectivity index (χ1) is 7.88. The van der Waals surface area contributed by atoms with Crippen LogP contribution in [0.5, 0.6) is 0 Å². The van der Waals surface area contributed by atoms with Crippen molar-refractivity contribution in [3.63, 3.8) is 0 Å². The summed E-state index contributed by atoms with van der Waals surface area (Å²) in [6.07, 6.45) is 11.0. The number of nitrogens with one attached hydrogen (secondary N) is 1. The molecule has 0 amide bonds. The van der Waals surface area contributed by atoms with E-state index in [0.29, 0.717) is 12.2 Å². The van der Waals surface area contributed by atoms with Crippen LogP contribution in [0.25, 0.3) is 0 Å². The zero-order valence-corrected chi connectivity index (χ0v) is 10.5. The van der Waals surface area contributed by atoms with Crippen molar-refractivity contribution in [2.75, 3.05) is 6.54 Å². The second-order valence-corrected chi connectivity index (χ2v) is 5.90. The molecule has 4 unspecified atom stereocenters. The highest BCUT2D eigenvalue weighted by molar-refractivity contribution is 4.98. The molecule has 3 rings (SSSR count). The van der Waals surface area contributed by atoms with E-state index in [1.807, 2.05) is 0 Å². The quantitative estimate of drug-likeness (QED) is 0.791. The molecule has 0 aromatic heterocycles.